The first kappa shape index (κ1) is 112. The zero-order valence-corrected chi connectivity index (χ0v) is 78.6. The zero-order chi connectivity index (χ0) is 102. The van der Waals surface area contributed by atoms with Gasteiger partial charge in [-0.3, -0.25) is 19.7 Å². The Hall–Kier alpha value is -16.7. The second kappa shape index (κ2) is 58.3. The van der Waals surface area contributed by atoms with Gasteiger partial charge in [-0.2, -0.15) is 20.4 Å². The van der Waals surface area contributed by atoms with E-state index in [9.17, 15) is 86.5 Å². The maximum atomic E-state index is 12.3. The van der Waals surface area contributed by atoms with Crippen LogP contribution in [0.15, 0.2) is 228 Å². The van der Waals surface area contributed by atoms with Gasteiger partial charge < -0.3 is 110 Å². The van der Waals surface area contributed by atoms with E-state index in [0.717, 1.165) is 78.5 Å². The van der Waals surface area contributed by atoms with Gasteiger partial charge in [0.05, 0.1) is 128 Å². The van der Waals surface area contributed by atoms with Gasteiger partial charge in [-0.1, -0.05) is 127 Å². The van der Waals surface area contributed by atoms with Gasteiger partial charge in [-0.25, -0.2) is 11.4 Å². The van der Waals surface area contributed by atoms with Gasteiger partial charge in [0.15, 0.2) is 69.0 Å². The summed E-state index contributed by atoms with van der Waals surface area (Å²) in [7, 11) is 7.46. The van der Waals surface area contributed by atoms with Gasteiger partial charge in [-0.15, -0.1) is 0 Å². The number of aromatic hydroxyl groups is 10. The average Bonchev–Trinajstić information content (AvgIpc) is 1.72. The fourth-order valence-corrected chi connectivity index (χ4v) is 12.9. The summed E-state index contributed by atoms with van der Waals surface area (Å²) in [6.07, 6.45) is 35.8. The van der Waals surface area contributed by atoms with Crippen LogP contribution in [-0.2, 0) is 49.0 Å². The van der Waals surface area contributed by atoms with Crippen LogP contribution in [0.1, 0.15) is 135 Å². The number of nitrogens with zero attached hydrogens (tertiary/aromatic N) is 6. The number of hydrazone groups is 1. The number of hydrazine groups is 1. The molecule has 0 fully saturated rings. The predicted molar refractivity (Wildman–Crippen MR) is 544 cm³/mol. The molecule has 143 heavy (non-hydrogen) atoms. The molecule has 0 radical (unpaired) electrons. The molecular weight excluding hydrogens is 1860 g/mol. The summed E-state index contributed by atoms with van der Waals surface area (Å²) in [4.78, 5) is 12.3. The van der Waals surface area contributed by atoms with Gasteiger partial charge >= 0.3 is 11.3 Å². The van der Waals surface area contributed by atoms with Crippen molar-refractivity contribution in [1.82, 2.24) is 40.9 Å². The number of nitrogens with two attached hydrogens (primary N) is 1. The molecular formula is C108H106ArN10O24. The van der Waals surface area contributed by atoms with Crippen LogP contribution in [0, 0.1) is 44.4 Å². The number of aromatic nitrogens is 7. The number of phenols is 10. The molecule has 0 amide bonds. The molecule has 0 aliphatic rings. The first-order valence-corrected chi connectivity index (χ1v) is 43.1. The number of methoxy groups -OCH3 is 5. The van der Waals surface area contributed by atoms with Gasteiger partial charge in [-0.05, 0) is 256 Å². The van der Waals surface area contributed by atoms with Gasteiger partial charge in [0, 0.05) is 71.6 Å². The van der Waals surface area contributed by atoms with Crippen LogP contribution in [0.25, 0.3) is 109 Å². The SMILES string of the molecule is COc1cc(/C=C/C(CC(=O)/C=C/c2ccc(O)c(CO)c2)=N/NN)ccc1O.COc1cc(/C=C/c2cc(/C=C/c3ccc(O)c(CO)c3)n[nH]2)ccc1O.COc1cc(/C=C/c2cc(/C=C/c3ccc(O)c(CO)c3)n[nH]2)ccc1O.COc1cc(/C=C/c2cc(/C=C/c3ccc(O)c(CO)c3)nn2CCO)ccc1O.COc1cc(/C=C/c2cc(/C=C/c3ccc(O)c(CO)c3)no2)ccc1O.[Ar].[C-]#[O+]. The number of rotatable bonds is 35. The Morgan fingerprint density at radius 1 is 0.364 bits per heavy atom. The third-order valence-electron chi connectivity index (χ3n) is 20.4. The molecule has 14 aromatic rings. The van der Waals surface area contributed by atoms with Crippen molar-refractivity contribution in [3.8, 4) is 86.2 Å². The number of ether oxygens (including phenoxy) is 5. The number of carbonyl (C=O) groups excluding carboxylic acids is 1. The Morgan fingerprint density at radius 2 is 0.650 bits per heavy atom. The third kappa shape index (κ3) is 35.3. The number of hydrogen-bond acceptors (Lipinski definition) is 30. The number of aliphatic hydroxyl groups is 6. The fraction of sp³-hybridized carbons (Fsp3) is 0.120. The van der Waals surface area contributed by atoms with Crippen LogP contribution in [0.2, 0.25) is 0 Å². The van der Waals surface area contributed by atoms with Gasteiger partial charge in [0.25, 0.3) is 0 Å². The molecule has 14 rings (SSSR count). The molecule has 0 aliphatic carbocycles. The van der Waals surface area contributed by atoms with Crippen molar-refractivity contribution in [3.63, 3.8) is 0 Å². The van der Waals surface area contributed by atoms with E-state index in [1.165, 1.54) is 65.9 Å². The molecule has 21 N–H and O–H groups in total. The van der Waals surface area contributed by atoms with E-state index >= 15 is 0 Å². The summed E-state index contributed by atoms with van der Waals surface area (Å²) in [5.41, 5.74) is 18.3. The number of ketones is 1. The van der Waals surface area contributed by atoms with Crippen molar-refractivity contribution < 1.29 is 157 Å². The number of allylic oxidation sites excluding steroid dienone is 2. The Morgan fingerprint density at radius 3 is 0.979 bits per heavy atom. The van der Waals surface area contributed by atoms with Crippen LogP contribution in [0.3, 0.4) is 0 Å². The summed E-state index contributed by atoms with van der Waals surface area (Å²) in [6, 6.07) is 57.3. The summed E-state index contributed by atoms with van der Waals surface area (Å²) in [6.45, 7) is 3.61. The van der Waals surface area contributed by atoms with Crippen LogP contribution < -0.4 is 35.1 Å². The number of H-pyrrole nitrogens is 2. The summed E-state index contributed by atoms with van der Waals surface area (Å²) >= 11 is 0. The summed E-state index contributed by atoms with van der Waals surface area (Å²) < 4.78 is 39.9. The predicted octanol–water partition coefficient (Wildman–Crippen LogP) is 16.4. The Balaban J connectivity index is 0.000000217. The number of hydrogen-bond donors (Lipinski definition) is 20. The van der Waals surface area contributed by atoms with Crippen molar-refractivity contribution in [2.45, 2.75) is 46.0 Å². The van der Waals surface area contributed by atoms with Crippen LogP contribution in [0.5, 0.6) is 86.2 Å². The molecule has 0 saturated carbocycles. The van der Waals surface area contributed by atoms with Crippen molar-refractivity contribution in [3.05, 3.63) is 354 Å². The zero-order valence-electron chi connectivity index (χ0n) is 77.9. The van der Waals surface area contributed by atoms with E-state index in [-0.39, 0.29) is 147 Å². The van der Waals surface area contributed by atoms with Crippen molar-refractivity contribution in [2.24, 2.45) is 10.9 Å². The first-order valence-electron chi connectivity index (χ1n) is 43.1. The fourth-order valence-electron chi connectivity index (χ4n) is 12.9. The van der Waals surface area contributed by atoms with Crippen molar-refractivity contribution in [1.29, 1.82) is 0 Å². The molecule has 34 nitrogen and oxygen atoms in total. The van der Waals surface area contributed by atoms with Crippen LogP contribution >= 0.6 is 0 Å². The van der Waals surface area contributed by atoms with E-state index in [4.69, 9.17) is 38.7 Å². The quantitative estimate of drug-likeness (QED) is 0.00438. The summed E-state index contributed by atoms with van der Waals surface area (Å²) in [5, 5.41) is 178. The molecule has 4 heterocycles. The molecule has 35 heteroatoms. The van der Waals surface area contributed by atoms with Crippen molar-refractivity contribution in [2.75, 3.05) is 42.2 Å². The second-order valence-corrected chi connectivity index (χ2v) is 30.2. The van der Waals surface area contributed by atoms with E-state index in [0.29, 0.717) is 91.5 Å². The van der Waals surface area contributed by atoms with Crippen molar-refractivity contribution >= 4 is 121 Å². The number of carbonyl (C=O) groups is 1. The van der Waals surface area contributed by atoms with Gasteiger partial charge in [0.1, 0.15) is 34.4 Å². The number of aromatic amines is 2. The monoisotopic (exact) mass is 1970 g/mol. The normalized spacial score (nSPS) is 11.4. The molecule has 0 atom stereocenters. The minimum absolute atomic E-state index is 0. The minimum atomic E-state index is -0.298. The number of nitrogens with one attached hydrogen (secondary N) is 3. The van der Waals surface area contributed by atoms with E-state index in [2.05, 4.69) is 47.9 Å². The first-order chi connectivity index (χ1) is 68.7. The van der Waals surface area contributed by atoms with E-state index < -0.39 is 0 Å². The van der Waals surface area contributed by atoms with Crippen LogP contribution in [-0.4, -0.2) is 171 Å². The number of phenolic OH excluding ortho intramolecular Hbond substituents is 5. The molecule has 740 valence electrons. The Labute approximate surface area is 852 Å². The molecule has 0 unspecified atom stereocenters. The second-order valence-electron chi connectivity index (χ2n) is 30.2. The maximum absolute atomic E-state index is 12.3. The molecule has 0 bridgehead atoms. The Kier molecular flexibility index (Phi) is 45.5. The van der Waals surface area contributed by atoms with Crippen LogP contribution in [0.4, 0.5) is 0 Å². The molecule has 0 saturated heterocycles. The van der Waals surface area contributed by atoms with Gasteiger partial charge in [0.2, 0.25) is 0 Å². The molecule has 4 aromatic heterocycles. The third-order valence-corrected chi connectivity index (χ3v) is 20.4. The standard InChI is InChI=1S/C23H24N2O5.C21H23N3O5.2C21H20N2O4.C21H19NO5.CO.Ar/c1-30-23-13-17(5-9-22(23)29)3-7-20-14-19(24-25(20)10-11-26)6-2-16-4-8-21(28)18(12-16)15-27;1-29-21-11-15(5-9-20(21)28)2-6-17(23-24-22)12-18(26)7-3-14-4-8-19(27)16(10-14)13-25;2*1-27-21-11-15(5-9-20(21)26)3-7-18-12-17(22-23-18)6-2-14-4-8-19(25)16(10-14)13-24;1-26-21-11-15(5-9-20(21)25)3-7-18-12-17(22-27-18)6-2-14-4-8-19(24)16(10-14)13-23;1-2;/h2-9,12-14,26-29H,10-11,15H2,1H3;2-11,24-25,27-28H,12-13,22H2,1H3;2*2-12,24-26H,13H2,1H3,(H,22,23);2-12,23-25H,13H2,1H3;;/b6-2+,7-3+;6-2+,7-3+,23-17-;3*6-2+,7-3+;;. The number of benzene rings is 10. The molecule has 10 aromatic carbocycles. The Bertz CT molecular complexity index is 6320. The molecule has 0 spiro atoms. The van der Waals surface area contributed by atoms with E-state index in [1.54, 1.807) is 199 Å². The average molecular weight is 1970 g/mol. The summed E-state index contributed by atoms with van der Waals surface area (Å²) in [5.74, 6) is 8.21. The topological polar surface area (TPSA) is 558 Å². The molecule has 0 aliphatic heterocycles. The van der Waals surface area contributed by atoms with E-state index in [1.807, 2.05) is 103 Å². The number of aliphatic hydroxyl groups excluding tert-OH is 6.